The second-order valence-corrected chi connectivity index (χ2v) is 23.2. The van der Waals surface area contributed by atoms with Gasteiger partial charge < -0.3 is 0 Å². The van der Waals surface area contributed by atoms with Crippen molar-refractivity contribution in [3.05, 3.63) is 226 Å². The quantitative estimate of drug-likeness (QED) is 0.139. The molecule has 1 aliphatic rings. The fraction of sp³-hybridized carbons (Fsp3) is 0.203. The molecule has 0 spiro atoms. The third kappa shape index (κ3) is 8.61. The minimum Gasteiger partial charge on any atom is -0.167 e. The summed E-state index contributed by atoms with van der Waals surface area (Å²) >= 11 is 2.49. The van der Waals surface area contributed by atoms with Crippen molar-refractivity contribution in [1.82, 2.24) is 13.7 Å². The minimum atomic E-state index is -2.37. The topological polar surface area (TPSA) is 24.0 Å². The molecule has 11 aromatic rings. The van der Waals surface area contributed by atoms with Crippen LogP contribution >= 0.6 is 0 Å². The van der Waals surface area contributed by atoms with Gasteiger partial charge in [0.05, 0.1) is 0 Å². The van der Waals surface area contributed by atoms with Crippen LogP contribution in [0.5, 0.6) is 11.5 Å². The van der Waals surface area contributed by atoms with Crippen LogP contribution in [0.15, 0.2) is 176 Å². The van der Waals surface area contributed by atoms with Crippen LogP contribution in [0.3, 0.4) is 0 Å². The zero-order valence-electron chi connectivity index (χ0n) is 46.0. The number of aromatic nitrogens is 3. The fourth-order valence-electron chi connectivity index (χ4n) is 10.9. The second kappa shape index (κ2) is 18.6. The van der Waals surface area contributed by atoms with Gasteiger partial charge in [-0.15, -0.1) is 5.56 Å². The average Bonchev–Trinajstić information content (AvgIpc) is 4.14. The third-order valence-corrected chi connectivity index (χ3v) is 16.0. The summed E-state index contributed by atoms with van der Waals surface area (Å²) in [6.45, 7) is 13.7. The number of benzene rings is 9. The van der Waals surface area contributed by atoms with Crippen LogP contribution in [0.4, 0.5) is 0 Å². The molecule has 370 valence electrons. The van der Waals surface area contributed by atoms with Gasteiger partial charge in [0.15, 0.2) is 0 Å². The molecule has 2 heterocycles. The van der Waals surface area contributed by atoms with Crippen molar-refractivity contribution in [3.8, 4) is 61.9 Å². The summed E-state index contributed by atoms with van der Waals surface area (Å²) in [4.78, 5) is 0. The van der Waals surface area contributed by atoms with Crippen molar-refractivity contribution in [2.45, 2.75) is 85.4 Å². The maximum absolute atomic E-state index is 8.71. The Kier molecular flexibility index (Phi) is 11.1. The molecule has 5 heteroatoms. The number of aryl methyl sites for hydroxylation is 2. The molecule has 9 aromatic carbocycles. The Morgan fingerprint density at radius 2 is 1.19 bits per heavy atom. The SMILES string of the molecule is [2H]C([2H])([2H])c1cc(-n2c3[c-]c(Oc4[c-]c(-n5[c](=[Pt])n(-c6c(-c7ccccc7)cccc6-c6cc(C(C)(C)C)cc(C(C)(C)C)c6)c6ccccc65)ccc4)ccc3c3cc4c(cc32)CCC(C)C4)[c-]cc1-c1ccccc1. The first-order valence-electron chi connectivity index (χ1n) is 27.3. The zero-order valence-corrected chi connectivity index (χ0v) is 45.3. The summed E-state index contributed by atoms with van der Waals surface area (Å²) in [6, 6.07) is 72.2. The second-order valence-electron chi connectivity index (χ2n) is 22.2. The Morgan fingerprint density at radius 3 is 1.88 bits per heavy atom. The Bertz CT molecular complexity index is 4120. The van der Waals surface area contributed by atoms with E-state index in [-0.39, 0.29) is 16.4 Å². The number of para-hydroxylation sites is 3. The molecule has 0 saturated heterocycles. The van der Waals surface area contributed by atoms with Crippen LogP contribution in [-0.2, 0) is 43.0 Å². The van der Waals surface area contributed by atoms with Gasteiger partial charge in [-0.05, 0) is 36.3 Å². The van der Waals surface area contributed by atoms with Crippen molar-refractivity contribution in [1.29, 1.82) is 0 Å². The maximum atomic E-state index is 8.71. The molecular weight excluding hydrogens is 1080 g/mol. The van der Waals surface area contributed by atoms with Crippen LogP contribution in [0.2, 0.25) is 0 Å². The monoisotopic (exact) mass is 1140 g/mol. The molecule has 2 aromatic heterocycles. The number of hydrogen-bond donors (Lipinski definition) is 0. The standard InChI is InChI=1S/C69H60N3O.Pt/c1-45-29-30-49-40-65-62(39-50(49)35-45)61-34-32-57(43-66(61)72(65)55-31-33-58(46(2)36-55)47-19-11-9-12-20-47)73-56-24-17-23-54(42-56)70-44-71(64-28-16-15-27-63(64)70)67-59(48-21-13-10-14-22-48)25-18-26-60(67)51-37-52(68(3,4)5)41-53(38-51)69(6,7)8;/h9-28,32-34,36-41,45H,29-30,35H2,1-8H3;/q-3;/i2D3;. The van der Waals surface area contributed by atoms with Gasteiger partial charge in [0.2, 0.25) is 0 Å². The van der Waals surface area contributed by atoms with Gasteiger partial charge >= 0.3 is 346 Å². The normalized spacial score (nSPS) is 14.8. The van der Waals surface area contributed by atoms with Gasteiger partial charge in [-0.25, -0.2) is 0 Å². The molecule has 0 N–H and O–H groups in total. The van der Waals surface area contributed by atoms with Gasteiger partial charge in [-0.1, -0.05) is 49.7 Å². The summed E-state index contributed by atoms with van der Waals surface area (Å²) in [5, 5.41) is 2.10. The van der Waals surface area contributed by atoms with Crippen LogP contribution in [0.25, 0.3) is 83.3 Å². The van der Waals surface area contributed by atoms with Gasteiger partial charge in [0.1, 0.15) is 0 Å². The van der Waals surface area contributed by atoms with E-state index in [9.17, 15) is 0 Å². The summed E-state index contributed by atoms with van der Waals surface area (Å²) < 4.78 is 40.8. The molecule has 0 fully saturated rings. The van der Waals surface area contributed by atoms with Gasteiger partial charge in [-0.3, -0.25) is 0 Å². The Balaban J connectivity index is 1.01. The Hall–Kier alpha value is -7.26. The molecule has 0 amide bonds. The van der Waals surface area contributed by atoms with E-state index in [0.717, 1.165) is 89.5 Å². The van der Waals surface area contributed by atoms with Crippen molar-refractivity contribution >= 4 is 32.8 Å². The molecule has 0 saturated carbocycles. The smallest absolute Gasteiger partial charge is 0.167 e. The average molecular weight is 1150 g/mol. The number of rotatable bonds is 8. The van der Waals surface area contributed by atoms with Crippen LogP contribution < -0.4 is 4.74 Å². The molecule has 0 radical (unpaired) electrons. The van der Waals surface area contributed by atoms with Crippen molar-refractivity contribution in [3.63, 3.8) is 0 Å². The fourth-order valence-corrected chi connectivity index (χ4v) is 12.0. The number of hydrogen-bond acceptors (Lipinski definition) is 1. The first-order valence-corrected chi connectivity index (χ1v) is 26.9. The number of ether oxygens (including phenoxy) is 1. The van der Waals surface area contributed by atoms with E-state index in [4.69, 9.17) is 8.85 Å². The zero-order chi connectivity index (χ0) is 53.5. The van der Waals surface area contributed by atoms with E-state index >= 15 is 0 Å². The molecule has 0 bridgehead atoms. The first-order chi connectivity index (χ1) is 36.9. The summed E-state index contributed by atoms with van der Waals surface area (Å²) in [7, 11) is 0. The van der Waals surface area contributed by atoms with Crippen molar-refractivity contribution < 1.29 is 28.2 Å². The molecule has 1 aliphatic carbocycles. The molecule has 1 atom stereocenters. The summed E-state index contributed by atoms with van der Waals surface area (Å²) in [5.74, 6) is 1.65. The summed E-state index contributed by atoms with van der Waals surface area (Å²) in [5.41, 5.74) is 17.9. The van der Waals surface area contributed by atoms with E-state index in [1.165, 1.54) is 27.8 Å². The van der Waals surface area contributed by atoms with Gasteiger partial charge in [0.25, 0.3) is 0 Å². The molecule has 0 aliphatic heterocycles. The van der Waals surface area contributed by atoms with Crippen molar-refractivity contribution in [2.75, 3.05) is 0 Å². The molecule has 1 unspecified atom stereocenters. The summed E-state index contributed by atoms with van der Waals surface area (Å²) in [6.07, 6.45) is 3.15. The van der Waals surface area contributed by atoms with Gasteiger partial charge in [0, 0.05) is 4.11 Å². The number of fused-ring (bicyclic) bond motifs is 5. The molecular formula is C69H60N3OPt-3. The van der Waals surface area contributed by atoms with E-state index < -0.39 is 6.85 Å². The first kappa shape index (κ1) is 44.2. The Labute approximate surface area is 451 Å². The van der Waals surface area contributed by atoms with E-state index in [1.807, 2.05) is 54.6 Å². The molecule has 74 heavy (non-hydrogen) atoms. The minimum absolute atomic E-state index is 0.0622. The van der Waals surface area contributed by atoms with Crippen LogP contribution in [-0.4, -0.2) is 13.7 Å². The molecule has 12 rings (SSSR count). The van der Waals surface area contributed by atoms with Crippen LogP contribution in [0, 0.1) is 34.8 Å². The van der Waals surface area contributed by atoms with E-state index in [1.54, 1.807) is 6.07 Å². The van der Waals surface area contributed by atoms with E-state index in [0.29, 0.717) is 28.7 Å². The van der Waals surface area contributed by atoms with Crippen LogP contribution in [0.1, 0.15) is 86.8 Å². The molecule has 4 nitrogen and oxygen atoms in total. The number of imidazole rings is 1. The Morgan fingerprint density at radius 1 is 0.554 bits per heavy atom. The predicted octanol–water partition coefficient (Wildman–Crippen LogP) is 17.8. The number of nitrogens with zero attached hydrogens (tertiary/aromatic N) is 3. The predicted molar refractivity (Wildman–Crippen MR) is 303 cm³/mol. The van der Waals surface area contributed by atoms with Crippen molar-refractivity contribution in [2.24, 2.45) is 5.92 Å². The van der Waals surface area contributed by atoms with Gasteiger partial charge in [-0.2, -0.15) is 11.6 Å². The van der Waals surface area contributed by atoms with E-state index in [2.05, 4.69) is 215 Å². The third-order valence-electron chi connectivity index (χ3n) is 14.9.